The third-order valence-corrected chi connectivity index (χ3v) is 7.46. The summed E-state index contributed by atoms with van der Waals surface area (Å²) < 4.78 is 2.55. The van der Waals surface area contributed by atoms with Crippen molar-refractivity contribution in [1.29, 1.82) is 0 Å². The minimum atomic E-state index is -0.00792. The van der Waals surface area contributed by atoms with E-state index in [9.17, 15) is 4.79 Å². The van der Waals surface area contributed by atoms with E-state index in [1.54, 1.807) is 4.90 Å². The molecular weight excluding hydrogens is 458 g/mol. The summed E-state index contributed by atoms with van der Waals surface area (Å²) in [5.41, 5.74) is 6.29. The quantitative estimate of drug-likeness (QED) is 0.188. The smallest absolute Gasteiger partial charge is 0.266 e. The number of nitrogens with zero attached hydrogens (tertiary/aromatic N) is 3. The minimum Gasteiger partial charge on any atom is -0.293 e. The topological polar surface area (TPSA) is 38.1 Å². The van der Waals surface area contributed by atoms with Crippen LogP contribution in [0.1, 0.15) is 62.8 Å². The zero-order valence-corrected chi connectivity index (χ0v) is 21.9. The highest BCUT2D eigenvalue weighted by Crippen LogP contribution is 2.35. The van der Waals surface area contributed by atoms with Crippen molar-refractivity contribution in [2.24, 2.45) is 0 Å². The molecule has 2 aromatic carbocycles. The van der Waals surface area contributed by atoms with Crippen LogP contribution in [0.25, 0.3) is 23.0 Å². The molecule has 1 saturated heterocycles. The number of benzene rings is 2. The number of hydrogen-bond acceptors (Lipinski definition) is 4. The molecule has 34 heavy (non-hydrogen) atoms. The molecule has 1 aliphatic rings. The van der Waals surface area contributed by atoms with Gasteiger partial charge in [-0.25, -0.2) is 4.68 Å². The van der Waals surface area contributed by atoms with Gasteiger partial charge in [0.1, 0.15) is 4.32 Å². The van der Waals surface area contributed by atoms with Crippen molar-refractivity contribution in [3.05, 3.63) is 76.3 Å². The van der Waals surface area contributed by atoms with Crippen LogP contribution in [-0.4, -0.2) is 31.5 Å². The summed E-state index contributed by atoms with van der Waals surface area (Å²) in [6.07, 6.45) is 5.11. The molecule has 6 heteroatoms. The average molecular weight is 490 g/mol. The van der Waals surface area contributed by atoms with Crippen LogP contribution in [-0.2, 0) is 4.79 Å². The molecule has 0 saturated carbocycles. The number of para-hydroxylation sites is 1. The molecule has 3 aromatic rings. The number of thiocarbonyl (C=S) groups is 1. The number of hydrogen-bond donors (Lipinski definition) is 0. The predicted molar refractivity (Wildman–Crippen MR) is 147 cm³/mol. The van der Waals surface area contributed by atoms with Crippen molar-refractivity contribution in [3.63, 3.8) is 0 Å². The molecule has 1 aliphatic heterocycles. The summed E-state index contributed by atoms with van der Waals surface area (Å²) in [6, 6.07) is 18.7. The molecule has 0 aliphatic carbocycles. The highest BCUT2D eigenvalue weighted by atomic mass is 32.2. The Kier molecular flexibility index (Phi) is 7.69. The van der Waals surface area contributed by atoms with Gasteiger partial charge in [0.25, 0.3) is 5.91 Å². The fourth-order valence-electron chi connectivity index (χ4n) is 4.03. The third kappa shape index (κ3) is 5.18. The van der Waals surface area contributed by atoms with E-state index < -0.39 is 0 Å². The maximum absolute atomic E-state index is 13.1. The molecule has 1 fully saturated rings. The van der Waals surface area contributed by atoms with Crippen LogP contribution in [0.3, 0.4) is 0 Å². The van der Waals surface area contributed by atoms with Gasteiger partial charge in [0.2, 0.25) is 0 Å². The number of rotatable bonds is 8. The van der Waals surface area contributed by atoms with E-state index in [1.807, 2.05) is 41.1 Å². The molecule has 0 unspecified atom stereocenters. The first-order chi connectivity index (χ1) is 16.4. The van der Waals surface area contributed by atoms with Gasteiger partial charge < -0.3 is 0 Å². The van der Waals surface area contributed by atoms with Gasteiger partial charge in [-0.05, 0) is 60.7 Å². The Balaban J connectivity index is 1.76. The monoisotopic (exact) mass is 489 g/mol. The zero-order valence-electron chi connectivity index (χ0n) is 20.2. The van der Waals surface area contributed by atoms with Crippen LogP contribution in [0.5, 0.6) is 0 Å². The van der Waals surface area contributed by atoms with E-state index in [2.05, 4.69) is 52.0 Å². The number of thioether (sulfide) groups is 1. The lowest BCUT2D eigenvalue weighted by Crippen LogP contribution is -2.29. The highest BCUT2D eigenvalue weighted by molar-refractivity contribution is 8.26. The number of aromatic nitrogens is 2. The standard InChI is InChI=1S/C28H31N3OS2/c1-5-6-10-15-30-27(32)26(34-28(30)33)18-23-17-25(29-31(23)22-11-8-7-9-12-22)24-16-21(19(2)3)14-13-20(24)4/h7-9,11-14,16-19H,5-6,10,15H2,1-4H3. The Hall–Kier alpha value is -2.70. The number of carbonyl (C=O) groups excluding carboxylic acids is 1. The average Bonchev–Trinajstić information content (AvgIpc) is 3.36. The second-order valence-corrected chi connectivity index (χ2v) is 10.6. The molecule has 0 radical (unpaired) electrons. The van der Waals surface area contributed by atoms with Crippen LogP contribution >= 0.6 is 24.0 Å². The summed E-state index contributed by atoms with van der Waals surface area (Å²) >= 11 is 6.91. The maximum Gasteiger partial charge on any atom is 0.266 e. The largest absolute Gasteiger partial charge is 0.293 e. The third-order valence-electron chi connectivity index (χ3n) is 6.08. The number of unbranched alkanes of at least 4 members (excludes halogenated alkanes) is 2. The first-order valence-corrected chi connectivity index (χ1v) is 13.1. The lowest BCUT2D eigenvalue weighted by Gasteiger charge is -2.13. The Morgan fingerprint density at radius 2 is 1.85 bits per heavy atom. The Bertz CT molecular complexity index is 1230. The van der Waals surface area contributed by atoms with Gasteiger partial charge in [-0.15, -0.1) is 0 Å². The van der Waals surface area contributed by atoms with Gasteiger partial charge in [-0.3, -0.25) is 9.69 Å². The molecule has 0 bridgehead atoms. The fourth-order valence-corrected chi connectivity index (χ4v) is 5.32. The second-order valence-electron chi connectivity index (χ2n) is 8.97. The summed E-state index contributed by atoms with van der Waals surface area (Å²) in [4.78, 5) is 15.5. The van der Waals surface area contributed by atoms with Crippen LogP contribution < -0.4 is 0 Å². The molecule has 4 rings (SSSR count). The molecule has 4 nitrogen and oxygen atoms in total. The first kappa shape index (κ1) is 24.4. The summed E-state index contributed by atoms with van der Waals surface area (Å²) in [5.74, 6) is 0.427. The number of aryl methyl sites for hydroxylation is 1. The van der Waals surface area contributed by atoms with Crippen LogP contribution in [0.4, 0.5) is 0 Å². The van der Waals surface area contributed by atoms with E-state index in [4.69, 9.17) is 17.3 Å². The van der Waals surface area contributed by atoms with Crippen molar-refractivity contribution < 1.29 is 4.79 Å². The Morgan fingerprint density at radius 1 is 1.09 bits per heavy atom. The number of amides is 1. The van der Waals surface area contributed by atoms with E-state index in [0.29, 0.717) is 21.7 Å². The second kappa shape index (κ2) is 10.7. The van der Waals surface area contributed by atoms with Gasteiger partial charge in [0, 0.05) is 12.1 Å². The Morgan fingerprint density at radius 3 is 2.56 bits per heavy atom. The van der Waals surface area contributed by atoms with E-state index in [0.717, 1.165) is 41.9 Å². The van der Waals surface area contributed by atoms with Crippen molar-refractivity contribution in [2.75, 3.05) is 6.54 Å². The van der Waals surface area contributed by atoms with Gasteiger partial charge in [0.05, 0.1) is 22.0 Å². The van der Waals surface area contributed by atoms with Gasteiger partial charge >= 0.3 is 0 Å². The van der Waals surface area contributed by atoms with E-state index in [-0.39, 0.29) is 5.91 Å². The Labute approximate surface area is 212 Å². The predicted octanol–water partition coefficient (Wildman–Crippen LogP) is 7.36. The molecule has 176 valence electrons. The van der Waals surface area contributed by atoms with Crippen LogP contribution in [0.2, 0.25) is 0 Å². The lowest BCUT2D eigenvalue weighted by atomic mass is 9.96. The molecular formula is C28H31N3OS2. The van der Waals surface area contributed by atoms with Crippen molar-refractivity contribution in [3.8, 4) is 16.9 Å². The van der Waals surface area contributed by atoms with E-state index in [1.165, 1.54) is 22.9 Å². The van der Waals surface area contributed by atoms with E-state index >= 15 is 0 Å². The molecule has 0 N–H and O–H groups in total. The summed E-state index contributed by atoms with van der Waals surface area (Å²) in [6.45, 7) is 9.35. The van der Waals surface area contributed by atoms with Crippen molar-refractivity contribution >= 4 is 40.3 Å². The van der Waals surface area contributed by atoms with Crippen LogP contribution in [0, 0.1) is 6.92 Å². The SMILES string of the molecule is CCCCCN1C(=O)C(=Cc2cc(-c3cc(C(C)C)ccc3C)nn2-c2ccccc2)SC1=S. The molecule has 0 spiro atoms. The summed E-state index contributed by atoms with van der Waals surface area (Å²) in [5, 5.41) is 4.98. The normalized spacial score (nSPS) is 15.2. The van der Waals surface area contributed by atoms with Gasteiger partial charge in [-0.1, -0.05) is 87.9 Å². The van der Waals surface area contributed by atoms with Crippen molar-refractivity contribution in [1.82, 2.24) is 14.7 Å². The molecule has 1 aromatic heterocycles. The molecule has 1 amide bonds. The first-order valence-electron chi connectivity index (χ1n) is 11.9. The van der Waals surface area contributed by atoms with Gasteiger partial charge in [-0.2, -0.15) is 5.10 Å². The molecule has 2 heterocycles. The minimum absolute atomic E-state index is 0.00792. The summed E-state index contributed by atoms with van der Waals surface area (Å²) in [7, 11) is 0. The van der Waals surface area contributed by atoms with Gasteiger partial charge in [0.15, 0.2) is 0 Å². The molecule has 0 atom stereocenters. The zero-order chi connectivity index (χ0) is 24.2. The fraction of sp³-hybridized carbons (Fsp3) is 0.321. The van der Waals surface area contributed by atoms with Crippen LogP contribution in [0.15, 0.2) is 59.5 Å². The maximum atomic E-state index is 13.1. The highest BCUT2D eigenvalue weighted by Gasteiger charge is 2.32. The van der Waals surface area contributed by atoms with Crippen molar-refractivity contribution in [2.45, 2.75) is 52.9 Å². The lowest BCUT2D eigenvalue weighted by molar-refractivity contribution is -0.122. The number of carbonyl (C=O) groups is 1.